The average molecular weight is 561 g/mol. The SMILES string of the molecule is CCOc1cc([C@H](C[N+](=O)[O-])Sc2nnc(C)n2-c2ccc(F)cc2)cc(Cl)c1OCc1ccccc1F. The van der Waals surface area contributed by atoms with E-state index in [0.29, 0.717) is 27.8 Å². The average Bonchev–Trinajstić information content (AvgIpc) is 3.24. The number of rotatable bonds is 11. The topological polar surface area (TPSA) is 92.3 Å². The second-order valence-corrected chi connectivity index (χ2v) is 9.68. The third kappa shape index (κ3) is 6.40. The van der Waals surface area contributed by atoms with E-state index in [1.807, 2.05) is 0 Å². The zero-order valence-electron chi connectivity index (χ0n) is 20.4. The fraction of sp³-hybridized carbons (Fsp3) is 0.231. The van der Waals surface area contributed by atoms with E-state index in [2.05, 4.69) is 10.2 Å². The van der Waals surface area contributed by atoms with Crippen molar-refractivity contribution < 1.29 is 23.2 Å². The molecule has 0 spiro atoms. The quantitative estimate of drug-likeness (QED) is 0.116. The Morgan fingerprint density at radius 1 is 1.11 bits per heavy atom. The predicted octanol–water partition coefficient (Wildman–Crippen LogP) is 6.60. The molecule has 0 fully saturated rings. The summed E-state index contributed by atoms with van der Waals surface area (Å²) in [6.07, 6.45) is 0. The van der Waals surface area contributed by atoms with E-state index in [9.17, 15) is 18.9 Å². The van der Waals surface area contributed by atoms with E-state index in [4.69, 9.17) is 21.1 Å². The molecule has 0 aliphatic rings. The third-order valence-corrected chi connectivity index (χ3v) is 6.94. The maximum Gasteiger partial charge on any atom is 0.220 e. The lowest BCUT2D eigenvalue weighted by molar-refractivity contribution is -0.479. The second kappa shape index (κ2) is 12.2. The first-order chi connectivity index (χ1) is 18.3. The Morgan fingerprint density at radius 2 is 1.84 bits per heavy atom. The van der Waals surface area contributed by atoms with Crippen LogP contribution in [0.1, 0.15) is 29.1 Å². The van der Waals surface area contributed by atoms with Crippen LogP contribution in [-0.2, 0) is 6.61 Å². The van der Waals surface area contributed by atoms with Crippen molar-refractivity contribution in [3.63, 3.8) is 0 Å². The van der Waals surface area contributed by atoms with Gasteiger partial charge in [-0.15, -0.1) is 10.2 Å². The van der Waals surface area contributed by atoms with Gasteiger partial charge in [-0.05, 0) is 61.9 Å². The largest absolute Gasteiger partial charge is 0.490 e. The molecule has 0 saturated carbocycles. The van der Waals surface area contributed by atoms with Crippen molar-refractivity contribution in [2.45, 2.75) is 30.9 Å². The Kier molecular flexibility index (Phi) is 8.80. The molecule has 4 rings (SSSR count). The molecule has 0 radical (unpaired) electrons. The van der Waals surface area contributed by atoms with Crippen LogP contribution in [-0.4, -0.2) is 32.8 Å². The molecule has 1 aromatic heterocycles. The molecule has 198 valence electrons. The molecule has 8 nitrogen and oxygen atoms in total. The summed E-state index contributed by atoms with van der Waals surface area (Å²) in [7, 11) is 0. The standard InChI is InChI=1S/C26H23ClF2N4O4S/c1-3-36-23-13-18(12-21(27)25(23)37-15-17-6-4-5-7-22(17)29)24(14-32(34)35)38-26-31-30-16(2)33(26)20-10-8-19(28)9-11-20/h4-13,24H,3,14-15H2,1-2H3/t24-/m0/s1. The number of ether oxygens (including phenoxy) is 2. The molecule has 4 aromatic rings. The molecule has 1 heterocycles. The molecule has 3 aromatic carbocycles. The second-order valence-electron chi connectivity index (χ2n) is 8.11. The zero-order chi connectivity index (χ0) is 27.2. The van der Waals surface area contributed by atoms with Crippen LogP contribution in [0.3, 0.4) is 0 Å². The predicted molar refractivity (Wildman–Crippen MR) is 140 cm³/mol. The molecule has 0 bridgehead atoms. The number of nitrogens with zero attached hydrogens (tertiary/aromatic N) is 4. The van der Waals surface area contributed by atoms with Gasteiger partial charge in [-0.1, -0.05) is 41.6 Å². The summed E-state index contributed by atoms with van der Waals surface area (Å²) < 4.78 is 40.8. The fourth-order valence-electron chi connectivity index (χ4n) is 3.72. The van der Waals surface area contributed by atoms with Crippen molar-refractivity contribution in [1.29, 1.82) is 0 Å². The van der Waals surface area contributed by atoms with Crippen LogP contribution in [0, 0.1) is 28.7 Å². The summed E-state index contributed by atoms with van der Waals surface area (Å²) >= 11 is 7.68. The Hall–Kier alpha value is -3.70. The summed E-state index contributed by atoms with van der Waals surface area (Å²) in [5.74, 6) is 0.201. The van der Waals surface area contributed by atoms with Gasteiger partial charge >= 0.3 is 0 Å². The Labute approximate surface area is 226 Å². The normalized spacial score (nSPS) is 11.8. The molecule has 0 unspecified atom stereocenters. The van der Waals surface area contributed by atoms with Crippen LogP contribution in [0.2, 0.25) is 5.02 Å². The van der Waals surface area contributed by atoms with Crippen LogP contribution in [0.15, 0.2) is 65.8 Å². The van der Waals surface area contributed by atoms with Crippen LogP contribution < -0.4 is 9.47 Å². The van der Waals surface area contributed by atoms with Crippen molar-refractivity contribution in [2.24, 2.45) is 0 Å². The van der Waals surface area contributed by atoms with Gasteiger partial charge in [0.25, 0.3) is 0 Å². The lowest BCUT2D eigenvalue weighted by atomic mass is 10.1. The van der Waals surface area contributed by atoms with Crippen molar-refractivity contribution in [3.8, 4) is 17.2 Å². The summed E-state index contributed by atoms with van der Waals surface area (Å²) in [5.41, 5.74) is 1.46. The van der Waals surface area contributed by atoms with Gasteiger partial charge < -0.3 is 9.47 Å². The van der Waals surface area contributed by atoms with Gasteiger partial charge in [0.05, 0.1) is 11.6 Å². The minimum atomic E-state index is -0.731. The van der Waals surface area contributed by atoms with Gasteiger partial charge in [0.15, 0.2) is 16.7 Å². The number of benzene rings is 3. The first-order valence-electron chi connectivity index (χ1n) is 11.6. The summed E-state index contributed by atoms with van der Waals surface area (Å²) in [6.45, 7) is 3.25. The number of thioether (sulfide) groups is 1. The van der Waals surface area contributed by atoms with Crippen molar-refractivity contribution in [2.75, 3.05) is 13.2 Å². The highest BCUT2D eigenvalue weighted by Gasteiger charge is 2.26. The molecule has 0 saturated heterocycles. The van der Waals surface area contributed by atoms with E-state index in [1.54, 1.807) is 60.9 Å². The van der Waals surface area contributed by atoms with Crippen molar-refractivity contribution >= 4 is 23.4 Å². The van der Waals surface area contributed by atoms with Crippen LogP contribution in [0.25, 0.3) is 5.69 Å². The first-order valence-corrected chi connectivity index (χ1v) is 12.8. The van der Waals surface area contributed by atoms with Gasteiger partial charge in [0.1, 0.15) is 29.3 Å². The monoisotopic (exact) mass is 560 g/mol. The number of halogens is 3. The highest BCUT2D eigenvalue weighted by Crippen LogP contribution is 2.43. The third-order valence-electron chi connectivity index (χ3n) is 5.48. The lowest BCUT2D eigenvalue weighted by Crippen LogP contribution is -2.12. The van der Waals surface area contributed by atoms with Crippen LogP contribution >= 0.6 is 23.4 Å². The molecule has 0 aliphatic carbocycles. The van der Waals surface area contributed by atoms with E-state index in [0.717, 1.165) is 11.8 Å². The summed E-state index contributed by atoms with van der Waals surface area (Å²) in [4.78, 5) is 11.2. The number of aryl methyl sites for hydroxylation is 1. The Morgan fingerprint density at radius 3 is 2.53 bits per heavy atom. The highest BCUT2D eigenvalue weighted by molar-refractivity contribution is 7.99. The van der Waals surface area contributed by atoms with Crippen LogP contribution in [0.5, 0.6) is 11.5 Å². The molecule has 1 atom stereocenters. The minimum absolute atomic E-state index is 0.0844. The van der Waals surface area contributed by atoms with Gasteiger partial charge in [0.2, 0.25) is 6.54 Å². The van der Waals surface area contributed by atoms with Gasteiger partial charge in [-0.2, -0.15) is 0 Å². The molecule has 0 amide bonds. The Bertz CT molecular complexity index is 1440. The summed E-state index contributed by atoms with van der Waals surface area (Å²) in [5, 5.41) is 19.7. The molecule has 38 heavy (non-hydrogen) atoms. The molecular weight excluding hydrogens is 538 g/mol. The molecule has 0 N–H and O–H groups in total. The van der Waals surface area contributed by atoms with Crippen molar-refractivity contribution in [1.82, 2.24) is 14.8 Å². The van der Waals surface area contributed by atoms with Gasteiger partial charge in [-0.25, -0.2) is 8.78 Å². The van der Waals surface area contributed by atoms with E-state index in [-0.39, 0.29) is 29.7 Å². The number of nitro groups is 1. The minimum Gasteiger partial charge on any atom is -0.490 e. The smallest absolute Gasteiger partial charge is 0.220 e. The maximum atomic E-state index is 14.1. The fourth-order valence-corrected chi connectivity index (χ4v) is 5.15. The van der Waals surface area contributed by atoms with Crippen LogP contribution in [0.4, 0.5) is 8.78 Å². The summed E-state index contributed by atoms with van der Waals surface area (Å²) in [6, 6.07) is 15.2. The molecule has 0 aliphatic heterocycles. The molecule has 12 heteroatoms. The van der Waals surface area contributed by atoms with Crippen molar-refractivity contribution in [3.05, 3.63) is 104 Å². The molecular formula is C26H23ClF2N4O4S. The Balaban J connectivity index is 1.67. The van der Waals surface area contributed by atoms with E-state index < -0.39 is 28.4 Å². The number of hydrogen-bond donors (Lipinski definition) is 0. The number of aromatic nitrogens is 3. The first kappa shape index (κ1) is 27.3. The highest BCUT2D eigenvalue weighted by atomic mass is 35.5. The zero-order valence-corrected chi connectivity index (χ0v) is 22.0. The maximum absolute atomic E-state index is 14.1. The lowest BCUT2D eigenvalue weighted by Gasteiger charge is -2.19. The van der Waals surface area contributed by atoms with Gasteiger partial charge in [-0.3, -0.25) is 14.7 Å². The van der Waals surface area contributed by atoms with E-state index in [1.165, 1.54) is 18.2 Å². The van der Waals surface area contributed by atoms with E-state index >= 15 is 0 Å². The number of hydrogen-bond acceptors (Lipinski definition) is 7. The van der Waals surface area contributed by atoms with Gasteiger partial charge in [0, 0.05) is 16.2 Å².